The molecule has 0 aromatic carbocycles. The van der Waals surface area contributed by atoms with Gasteiger partial charge in [-0.1, -0.05) is 0 Å². The predicted molar refractivity (Wildman–Crippen MR) is 46.0 cm³/mol. The Kier molecular flexibility index (Phi) is 2.85. The fourth-order valence-corrected chi connectivity index (χ4v) is 2.32. The highest BCUT2D eigenvalue weighted by molar-refractivity contribution is 9.10. The Bertz CT molecular complexity index is 213. The van der Waals surface area contributed by atoms with Crippen LogP contribution in [0.5, 0.6) is 0 Å². The van der Waals surface area contributed by atoms with Gasteiger partial charge in [-0.05, 0) is 27.4 Å². The van der Waals surface area contributed by atoms with Gasteiger partial charge in [-0.3, -0.25) is 0 Å². The fourth-order valence-electron chi connectivity index (χ4n) is 0.653. The molecule has 0 radical (unpaired) electrons. The van der Waals surface area contributed by atoms with Crippen molar-refractivity contribution in [2.75, 3.05) is 6.61 Å². The van der Waals surface area contributed by atoms with E-state index in [1.165, 1.54) is 0 Å². The van der Waals surface area contributed by atoms with Crippen LogP contribution in [0.25, 0.3) is 0 Å². The molecule has 1 rings (SSSR count). The molecule has 4 heteroatoms. The quantitative estimate of drug-likeness (QED) is 0.796. The number of hydrogen-bond donors (Lipinski definition) is 2. The van der Waals surface area contributed by atoms with Gasteiger partial charge in [0, 0.05) is 9.35 Å². The maximum atomic E-state index is 8.69. The summed E-state index contributed by atoms with van der Waals surface area (Å²) >= 11 is 4.88. The van der Waals surface area contributed by atoms with Crippen LogP contribution in [0.15, 0.2) is 15.9 Å². The van der Waals surface area contributed by atoms with Crippen LogP contribution < -0.4 is 5.73 Å². The molecule has 0 fully saturated rings. The smallest absolute Gasteiger partial charge is 0.0636 e. The topological polar surface area (TPSA) is 46.2 Å². The zero-order valence-corrected chi connectivity index (χ0v) is 7.65. The third-order valence-corrected chi connectivity index (χ3v) is 3.18. The van der Waals surface area contributed by atoms with E-state index in [1.807, 2.05) is 11.4 Å². The van der Waals surface area contributed by atoms with Crippen LogP contribution in [-0.4, -0.2) is 11.7 Å². The molecule has 10 heavy (non-hydrogen) atoms. The number of halogens is 1. The van der Waals surface area contributed by atoms with Crippen LogP contribution in [0.3, 0.4) is 0 Å². The average molecular weight is 222 g/mol. The summed E-state index contributed by atoms with van der Waals surface area (Å²) in [7, 11) is 0. The van der Waals surface area contributed by atoms with Gasteiger partial charge >= 0.3 is 0 Å². The van der Waals surface area contributed by atoms with Gasteiger partial charge in [-0.15, -0.1) is 11.3 Å². The Morgan fingerprint density at radius 2 is 2.50 bits per heavy atom. The van der Waals surface area contributed by atoms with Crippen molar-refractivity contribution in [2.24, 2.45) is 5.73 Å². The Hall–Kier alpha value is 0.100. The summed E-state index contributed by atoms with van der Waals surface area (Å²) in [6.07, 6.45) is 0. The Labute approximate surface area is 71.8 Å². The van der Waals surface area contributed by atoms with Crippen molar-refractivity contribution >= 4 is 27.3 Å². The van der Waals surface area contributed by atoms with Gasteiger partial charge in [-0.2, -0.15) is 0 Å². The SMILES string of the molecule is N[C@H](CO)c1sccc1Br. The van der Waals surface area contributed by atoms with Crippen LogP contribution in [0, 0.1) is 0 Å². The average Bonchev–Trinajstić information content (AvgIpc) is 2.34. The van der Waals surface area contributed by atoms with E-state index in [-0.39, 0.29) is 12.6 Å². The van der Waals surface area contributed by atoms with Crippen LogP contribution in [0.1, 0.15) is 10.9 Å². The largest absolute Gasteiger partial charge is 0.394 e. The van der Waals surface area contributed by atoms with E-state index in [1.54, 1.807) is 11.3 Å². The van der Waals surface area contributed by atoms with Crippen LogP contribution in [0.2, 0.25) is 0 Å². The first-order valence-corrected chi connectivity index (χ1v) is 4.52. The molecule has 56 valence electrons. The second-order valence-corrected chi connectivity index (χ2v) is 3.72. The Morgan fingerprint density at radius 1 is 1.80 bits per heavy atom. The molecule has 1 aromatic heterocycles. The summed E-state index contributed by atoms with van der Waals surface area (Å²) in [5.74, 6) is 0. The molecule has 0 aliphatic carbocycles. The highest BCUT2D eigenvalue weighted by Crippen LogP contribution is 2.27. The molecule has 0 bridgehead atoms. The summed E-state index contributed by atoms with van der Waals surface area (Å²) in [5, 5.41) is 10.6. The molecule has 3 N–H and O–H groups in total. The first-order chi connectivity index (χ1) is 4.75. The van der Waals surface area contributed by atoms with Crippen molar-refractivity contribution in [1.29, 1.82) is 0 Å². The van der Waals surface area contributed by atoms with Crippen molar-refractivity contribution in [3.05, 3.63) is 20.8 Å². The highest BCUT2D eigenvalue weighted by atomic mass is 79.9. The molecule has 0 unspecified atom stereocenters. The molecule has 0 aliphatic rings. The summed E-state index contributed by atoms with van der Waals surface area (Å²) < 4.78 is 0.985. The van der Waals surface area contributed by atoms with E-state index >= 15 is 0 Å². The summed E-state index contributed by atoms with van der Waals surface area (Å²) in [6.45, 7) is -0.000880. The van der Waals surface area contributed by atoms with Crippen LogP contribution in [0.4, 0.5) is 0 Å². The van der Waals surface area contributed by atoms with Gasteiger partial charge in [0.05, 0.1) is 12.6 Å². The van der Waals surface area contributed by atoms with Gasteiger partial charge in [0.15, 0.2) is 0 Å². The third kappa shape index (κ3) is 1.58. The van der Waals surface area contributed by atoms with E-state index in [0.29, 0.717) is 0 Å². The maximum absolute atomic E-state index is 8.69. The van der Waals surface area contributed by atoms with Gasteiger partial charge in [-0.25, -0.2) is 0 Å². The molecule has 1 heterocycles. The molecule has 1 atom stereocenters. The maximum Gasteiger partial charge on any atom is 0.0636 e. The number of rotatable bonds is 2. The second-order valence-electron chi connectivity index (χ2n) is 1.92. The lowest BCUT2D eigenvalue weighted by Gasteiger charge is -2.04. The molecule has 0 spiro atoms. The Balaban J connectivity index is 2.82. The van der Waals surface area contributed by atoms with E-state index in [0.717, 1.165) is 9.35 Å². The minimum Gasteiger partial charge on any atom is -0.394 e. The molecule has 0 saturated heterocycles. The first-order valence-electron chi connectivity index (χ1n) is 2.85. The minimum atomic E-state index is -0.241. The normalized spacial score (nSPS) is 13.5. The van der Waals surface area contributed by atoms with E-state index in [9.17, 15) is 0 Å². The summed E-state index contributed by atoms with van der Waals surface area (Å²) in [4.78, 5) is 1.00. The van der Waals surface area contributed by atoms with Crippen molar-refractivity contribution in [1.82, 2.24) is 0 Å². The van der Waals surface area contributed by atoms with Crippen LogP contribution in [-0.2, 0) is 0 Å². The van der Waals surface area contributed by atoms with Gasteiger partial charge in [0.2, 0.25) is 0 Å². The fraction of sp³-hybridized carbons (Fsp3) is 0.333. The molecule has 2 nitrogen and oxygen atoms in total. The Morgan fingerprint density at radius 3 is 2.90 bits per heavy atom. The molecule has 0 amide bonds. The predicted octanol–water partition coefficient (Wildman–Crippen LogP) is 1.50. The lowest BCUT2D eigenvalue weighted by Crippen LogP contribution is -2.13. The molecule has 0 aliphatic heterocycles. The van der Waals surface area contributed by atoms with Crippen molar-refractivity contribution in [2.45, 2.75) is 6.04 Å². The number of aliphatic hydroxyl groups excluding tert-OH is 1. The molecular formula is C6H8BrNOS. The van der Waals surface area contributed by atoms with E-state index < -0.39 is 0 Å². The minimum absolute atomic E-state index is 0.000880. The third-order valence-electron chi connectivity index (χ3n) is 1.18. The van der Waals surface area contributed by atoms with Crippen molar-refractivity contribution in [3.8, 4) is 0 Å². The number of thiophene rings is 1. The molecule has 1 aromatic rings. The standard InChI is InChI=1S/C6H8BrNOS/c7-4-1-2-10-6(4)5(8)3-9/h1-2,5,9H,3,8H2/t5-/m1/s1. The van der Waals surface area contributed by atoms with Gasteiger partial charge in [0.25, 0.3) is 0 Å². The zero-order valence-electron chi connectivity index (χ0n) is 5.25. The van der Waals surface area contributed by atoms with E-state index in [2.05, 4.69) is 15.9 Å². The van der Waals surface area contributed by atoms with Crippen molar-refractivity contribution in [3.63, 3.8) is 0 Å². The number of aliphatic hydroxyl groups is 1. The summed E-state index contributed by atoms with van der Waals surface area (Å²) in [6, 6.07) is 1.68. The summed E-state index contributed by atoms with van der Waals surface area (Å²) in [5.41, 5.74) is 5.57. The van der Waals surface area contributed by atoms with Crippen LogP contribution >= 0.6 is 27.3 Å². The lowest BCUT2D eigenvalue weighted by molar-refractivity contribution is 0.269. The number of hydrogen-bond acceptors (Lipinski definition) is 3. The molecule has 0 saturated carbocycles. The van der Waals surface area contributed by atoms with Crippen molar-refractivity contribution < 1.29 is 5.11 Å². The van der Waals surface area contributed by atoms with Gasteiger partial charge < -0.3 is 10.8 Å². The lowest BCUT2D eigenvalue weighted by atomic mass is 10.3. The first kappa shape index (κ1) is 8.20. The molecular weight excluding hydrogens is 214 g/mol. The van der Waals surface area contributed by atoms with Gasteiger partial charge in [0.1, 0.15) is 0 Å². The highest BCUT2D eigenvalue weighted by Gasteiger charge is 2.08. The second kappa shape index (κ2) is 3.48. The monoisotopic (exact) mass is 221 g/mol. The zero-order chi connectivity index (χ0) is 7.56. The number of nitrogens with two attached hydrogens (primary N) is 1. The van der Waals surface area contributed by atoms with E-state index in [4.69, 9.17) is 10.8 Å².